The van der Waals surface area contributed by atoms with Gasteiger partial charge in [0.05, 0.1) is 11.4 Å². The van der Waals surface area contributed by atoms with E-state index in [2.05, 4.69) is 70.1 Å². The highest BCUT2D eigenvalue weighted by molar-refractivity contribution is 6.00. The molecule has 2 bridgehead atoms. The molecular formula is C29H37N7. The van der Waals surface area contributed by atoms with Crippen LogP contribution >= 0.6 is 0 Å². The van der Waals surface area contributed by atoms with Gasteiger partial charge in [0.2, 0.25) is 5.96 Å². The molecule has 2 aromatic carbocycles. The van der Waals surface area contributed by atoms with Gasteiger partial charge in [-0.2, -0.15) is 4.99 Å². The van der Waals surface area contributed by atoms with Crippen molar-refractivity contribution in [1.29, 1.82) is 0 Å². The highest BCUT2D eigenvalue weighted by Crippen LogP contribution is 2.34. The first-order chi connectivity index (χ1) is 17.5. The van der Waals surface area contributed by atoms with Crippen LogP contribution in [0.1, 0.15) is 26.7 Å². The minimum atomic E-state index is 0.0327. The van der Waals surface area contributed by atoms with Gasteiger partial charge in [0.25, 0.3) is 0 Å². The summed E-state index contributed by atoms with van der Waals surface area (Å²) in [6.45, 7) is 10.2. The van der Waals surface area contributed by atoms with Gasteiger partial charge in [0, 0.05) is 55.4 Å². The van der Waals surface area contributed by atoms with Crippen LogP contribution in [0, 0.1) is 5.92 Å². The number of nitrogens with one attached hydrogen (secondary N) is 2. The molecule has 0 radical (unpaired) electrons. The van der Waals surface area contributed by atoms with Gasteiger partial charge in [-0.1, -0.05) is 38.6 Å². The second-order valence-corrected chi connectivity index (χ2v) is 9.06. The van der Waals surface area contributed by atoms with Crippen LogP contribution in [0.25, 0.3) is 0 Å². The van der Waals surface area contributed by atoms with Crippen molar-refractivity contribution in [2.24, 2.45) is 21.6 Å². The van der Waals surface area contributed by atoms with Gasteiger partial charge >= 0.3 is 0 Å². The van der Waals surface area contributed by atoms with Crippen LogP contribution in [0.4, 0.5) is 17.1 Å². The zero-order chi connectivity index (χ0) is 25.5. The van der Waals surface area contributed by atoms with E-state index in [0.29, 0.717) is 18.5 Å². The molecule has 0 amide bonds. The lowest BCUT2D eigenvalue weighted by molar-refractivity contribution is 0.292. The number of hydrogen-bond acceptors (Lipinski definition) is 7. The molecule has 36 heavy (non-hydrogen) atoms. The first-order valence-corrected chi connectivity index (χ1v) is 12.7. The molecule has 0 aromatic heterocycles. The molecule has 2 heterocycles. The third-order valence-corrected chi connectivity index (χ3v) is 6.50. The molecule has 1 atom stereocenters. The largest absolute Gasteiger partial charge is 0.373 e. The fourth-order valence-electron chi connectivity index (χ4n) is 4.51. The Morgan fingerprint density at radius 1 is 1.06 bits per heavy atom. The summed E-state index contributed by atoms with van der Waals surface area (Å²) in [5, 5.41) is 6.87. The number of anilines is 3. The van der Waals surface area contributed by atoms with Crippen LogP contribution < -0.4 is 21.3 Å². The van der Waals surface area contributed by atoms with E-state index in [0.717, 1.165) is 53.7 Å². The summed E-state index contributed by atoms with van der Waals surface area (Å²) in [5.41, 5.74) is 10.6. The van der Waals surface area contributed by atoms with Crippen molar-refractivity contribution in [2.45, 2.75) is 32.7 Å². The molecule has 2 aliphatic heterocycles. The Kier molecular flexibility index (Phi) is 8.23. The van der Waals surface area contributed by atoms with Crippen molar-refractivity contribution in [3.63, 3.8) is 0 Å². The molecule has 2 aromatic rings. The number of guanidine groups is 1. The molecule has 7 heteroatoms. The summed E-state index contributed by atoms with van der Waals surface area (Å²) in [7, 11) is 2.04. The number of hydrogen-bond donors (Lipinski definition) is 3. The number of benzene rings is 2. The topological polar surface area (TPSA) is 81.3 Å². The number of rotatable bonds is 10. The molecular weight excluding hydrogens is 446 g/mol. The predicted molar refractivity (Wildman–Crippen MR) is 153 cm³/mol. The van der Waals surface area contributed by atoms with Crippen molar-refractivity contribution in [2.75, 3.05) is 35.7 Å². The molecule has 0 saturated carbocycles. The standard InChI is InChI=1S/C29H37N7/c1-5-25(6-2)36-27(21(3)32-23-10-8-7-9-11-23)18-22-19-28(36)34-29(31-20-22)33-24-12-14-26(15-13-24)35(4)17-16-30/h7-15,18-20,22,25,32H,3,5-6,16-17,30H2,1-2,4H3,(H,33,34). The third kappa shape index (κ3) is 5.86. The van der Waals surface area contributed by atoms with Crippen LogP contribution in [0.15, 0.2) is 101 Å². The van der Waals surface area contributed by atoms with E-state index >= 15 is 0 Å². The maximum atomic E-state index is 5.69. The number of para-hydroxylation sites is 1. The molecule has 2 aliphatic rings. The lowest BCUT2D eigenvalue weighted by Crippen LogP contribution is -2.36. The molecule has 4 N–H and O–H groups in total. The highest BCUT2D eigenvalue weighted by Gasteiger charge is 2.29. The second kappa shape index (κ2) is 11.7. The molecule has 0 fully saturated rings. The molecule has 1 unspecified atom stereocenters. The van der Waals surface area contributed by atoms with Gasteiger partial charge in [0.15, 0.2) is 0 Å². The van der Waals surface area contributed by atoms with Gasteiger partial charge in [-0.25, -0.2) is 4.99 Å². The first-order valence-electron chi connectivity index (χ1n) is 12.7. The Balaban J connectivity index is 1.58. The van der Waals surface area contributed by atoms with E-state index < -0.39 is 0 Å². The summed E-state index contributed by atoms with van der Waals surface area (Å²) < 4.78 is 0. The monoisotopic (exact) mass is 483 g/mol. The second-order valence-electron chi connectivity index (χ2n) is 9.06. The Bertz CT molecular complexity index is 1160. The quantitative estimate of drug-likeness (QED) is 0.421. The normalized spacial score (nSPS) is 16.6. The highest BCUT2D eigenvalue weighted by atomic mass is 15.3. The van der Waals surface area contributed by atoms with E-state index in [4.69, 9.17) is 10.7 Å². The average Bonchev–Trinajstić information content (AvgIpc) is 3.05. The van der Waals surface area contributed by atoms with Crippen LogP contribution in [0.3, 0.4) is 0 Å². The minimum Gasteiger partial charge on any atom is -0.373 e. The summed E-state index contributed by atoms with van der Waals surface area (Å²) in [6, 6.07) is 18.7. The van der Waals surface area contributed by atoms with Gasteiger partial charge < -0.3 is 26.2 Å². The van der Waals surface area contributed by atoms with Crippen LogP contribution in [0.2, 0.25) is 0 Å². The molecule has 0 spiro atoms. The van der Waals surface area contributed by atoms with Crippen molar-refractivity contribution in [3.05, 3.63) is 90.5 Å². The number of aliphatic imine (C=N–C) groups is 2. The Morgan fingerprint density at radius 3 is 2.44 bits per heavy atom. The van der Waals surface area contributed by atoms with Crippen molar-refractivity contribution in [3.8, 4) is 0 Å². The van der Waals surface area contributed by atoms with Crippen molar-refractivity contribution >= 4 is 29.2 Å². The van der Waals surface area contributed by atoms with Gasteiger partial charge in [-0.15, -0.1) is 0 Å². The van der Waals surface area contributed by atoms with Crippen LogP contribution in [-0.4, -0.2) is 43.3 Å². The van der Waals surface area contributed by atoms with E-state index in [1.807, 2.05) is 55.7 Å². The summed E-state index contributed by atoms with van der Waals surface area (Å²) >= 11 is 0. The van der Waals surface area contributed by atoms with E-state index in [1.165, 1.54) is 0 Å². The molecule has 7 nitrogen and oxygen atoms in total. The first kappa shape index (κ1) is 25.3. The summed E-state index contributed by atoms with van der Waals surface area (Å²) in [4.78, 5) is 14.1. The van der Waals surface area contributed by atoms with E-state index in [1.54, 1.807) is 0 Å². The van der Waals surface area contributed by atoms with Crippen LogP contribution in [0.5, 0.6) is 0 Å². The zero-order valence-corrected chi connectivity index (χ0v) is 21.5. The van der Waals surface area contributed by atoms with Gasteiger partial charge in [-0.3, -0.25) is 0 Å². The summed E-state index contributed by atoms with van der Waals surface area (Å²) in [6.07, 6.45) is 8.30. The molecule has 188 valence electrons. The molecule has 4 rings (SSSR count). The fourth-order valence-corrected chi connectivity index (χ4v) is 4.51. The van der Waals surface area contributed by atoms with Crippen molar-refractivity contribution in [1.82, 2.24) is 4.90 Å². The lowest BCUT2D eigenvalue weighted by atomic mass is 9.99. The Hall–Kier alpha value is -3.84. The number of allylic oxidation sites excluding steroid dienone is 2. The lowest BCUT2D eigenvalue weighted by Gasteiger charge is -2.38. The predicted octanol–water partition coefficient (Wildman–Crippen LogP) is 5.41. The van der Waals surface area contributed by atoms with Crippen molar-refractivity contribution < 1.29 is 0 Å². The van der Waals surface area contributed by atoms with E-state index in [-0.39, 0.29) is 5.92 Å². The maximum Gasteiger partial charge on any atom is 0.228 e. The third-order valence-electron chi connectivity index (χ3n) is 6.50. The molecule has 0 saturated heterocycles. The molecule has 0 aliphatic carbocycles. The zero-order valence-electron chi connectivity index (χ0n) is 21.5. The van der Waals surface area contributed by atoms with E-state index in [9.17, 15) is 0 Å². The van der Waals surface area contributed by atoms with Gasteiger partial charge in [-0.05, 0) is 61.4 Å². The number of likely N-dealkylation sites (N-methyl/N-ethyl adjacent to an activating group) is 1. The van der Waals surface area contributed by atoms with Crippen LogP contribution in [-0.2, 0) is 0 Å². The SMILES string of the molecule is C=C(Nc1ccccc1)C1=CC2C=NC(Nc3ccc(N(C)CCN)cc3)=NC(=C2)N1C(CC)CC. The summed E-state index contributed by atoms with van der Waals surface area (Å²) in [5.74, 6) is 1.49. The Labute approximate surface area is 214 Å². The fraction of sp³-hybridized carbons (Fsp3) is 0.310. The number of nitrogens with zero attached hydrogens (tertiary/aromatic N) is 4. The Morgan fingerprint density at radius 2 is 1.78 bits per heavy atom. The maximum absolute atomic E-state index is 5.69. The number of fused-ring (bicyclic) bond motifs is 1. The number of nitrogens with two attached hydrogens (primary N) is 1. The smallest absolute Gasteiger partial charge is 0.228 e. The average molecular weight is 484 g/mol. The van der Waals surface area contributed by atoms with Gasteiger partial charge in [0.1, 0.15) is 5.82 Å². The minimum absolute atomic E-state index is 0.0327.